The van der Waals surface area contributed by atoms with E-state index in [-0.39, 0.29) is 16.7 Å². The molecule has 30 heavy (non-hydrogen) atoms. The molecule has 0 bridgehead atoms. The molecule has 0 aromatic heterocycles. The molecule has 0 radical (unpaired) electrons. The summed E-state index contributed by atoms with van der Waals surface area (Å²) < 4.78 is 0. The molecule has 0 amide bonds. The molecular weight excluding hydrogens is 390 g/mol. The summed E-state index contributed by atoms with van der Waals surface area (Å²) >= 11 is 0. The first-order valence-electron chi connectivity index (χ1n) is 8.36. The summed E-state index contributed by atoms with van der Waals surface area (Å²) in [5.41, 5.74) is 18.5. The minimum Gasteiger partial charge on any atom is -0.478 e. The third-order valence-corrected chi connectivity index (χ3v) is 3.47. The van der Waals surface area contributed by atoms with Crippen molar-refractivity contribution < 1.29 is 29.7 Å². The Morgan fingerprint density at radius 2 is 0.600 bits per heavy atom. The molecule has 0 saturated carbocycles. The molecule has 3 aromatic rings. The van der Waals surface area contributed by atoms with Crippen LogP contribution in [0.25, 0.3) is 0 Å². The molecule has 0 atom stereocenters. The number of carboxylic acids is 3. The molecule has 0 aliphatic heterocycles. The van der Waals surface area contributed by atoms with E-state index in [1.807, 2.05) is 0 Å². The molecule has 0 saturated heterocycles. The standard InChI is InChI=1S/3C7H7NO2/c3*8-6-3-1-5(2-4-6)7(9)10/h3*1-4H,8H2,(H,9,10). The normalized spacial score (nSPS) is 9.20. The van der Waals surface area contributed by atoms with Gasteiger partial charge < -0.3 is 32.5 Å². The number of nitrogens with two attached hydrogens (primary N) is 3. The number of hydrogen-bond donors (Lipinski definition) is 6. The van der Waals surface area contributed by atoms with Gasteiger partial charge in [-0.15, -0.1) is 0 Å². The van der Waals surface area contributed by atoms with E-state index in [4.69, 9.17) is 32.5 Å². The van der Waals surface area contributed by atoms with Crippen molar-refractivity contribution >= 4 is 35.0 Å². The second-order valence-corrected chi connectivity index (χ2v) is 5.78. The number of carbonyl (C=O) groups is 3. The maximum absolute atomic E-state index is 10.3. The van der Waals surface area contributed by atoms with Gasteiger partial charge in [0.2, 0.25) is 0 Å². The van der Waals surface area contributed by atoms with Crippen LogP contribution in [-0.2, 0) is 0 Å². The number of hydrogen-bond acceptors (Lipinski definition) is 6. The molecule has 0 unspecified atom stereocenters. The van der Waals surface area contributed by atoms with Crippen LogP contribution in [0.15, 0.2) is 72.8 Å². The van der Waals surface area contributed by atoms with Gasteiger partial charge in [-0.3, -0.25) is 0 Å². The molecule has 9 heteroatoms. The van der Waals surface area contributed by atoms with E-state index >= 15 is 0 Å². The fourth-order valence-electron chi connectivity index (χ4n) is 1.88. The van der Waals surface area contributed by atoms with E-state index in [1.54, 1.807) is 36.4 Å². The number of nitrogen functional groups attached to an aromatic ring is 3. The first-order chi connectivity index (χ1) is 14.1. The predicted octanol–water partition coefficient (Wildman–Crippen LogP) is 2.90. The largest absolute Gasteiger partial charge is 0.478 e. The summed E-state index contributed by atoms with van der Waals surface area (Å²) in [6.07, 6.45) is 0. The van der Waals surface area contributed by atoms with E-state index in [0.29, 0.717) is 17.1 Å². The second-order valence-electron chi connectivity index (χ2n) is 5.78. The van der Waals surface area contributed by atoms with Gasteiger partial charge in [-0.25, -0.2) is 14.4 Å². The zero-order valence-corrected chi connectivity index (χ0v) is 15.7. The molecule has 3 aromatic carbocycles. The second kappa shape index (κ2) is 11.3. The summed E-state index contributed by atoms with van der Waals surface area (Å²) in [6, 6.07) is 18.2. The Bertz CT molecular complexity index is 853. The zero-order chi connectivity index (χ0) is 22.7. The lowest BCUT2D eigenvalue weighted by Gasteiger charge is -1.93. The first-order valence-corrected chi connectivity index (χ1v) is 8.36. The van der Waals surface area contributed by atoms with Gasteiger partial charge >= 0.3 is 17.9 Å². The van der Waals surface area contributed by atoms with Crippen LogP contribution in [0.2, 0.25) is 0 Å². The van der Waals surface area contributed by atoms with Crippen LogP contribution in [-0.4, -0.2) is 33.2 Å². The van der Waals surface area contributed by atoms with Gasteiger partial charge in [-0.1, -0.05) is 0 Å². The molecule has 0 spiro atoms. The number of anilines is 3. The van der Waals surface area contributed by atoms with Gasteiger partial charge in [0.15, 0.2) is 0 Å². The predicted molar refractivity (Wildman–Crippen MR) is 113 cm³/mol. The van der Waals surface area contributed by atoms with Gasteiger partial charge in [0.05, 0.1) is 16.7 Å². The summed E-state index contributed by atoms with van der Waals surface area (Å²) in [6.45, 7) is 0. The Morgan fingerprint density at radius 3 is 0.733 bits per heavy atom. The fourth-order valence-corrected chi connectivity index (χ4v) is 1.88. The van der Waals surface area contributed by atoms with Gasteiger partial charge in [-0.2, -0.15) is 0 Å². The van der Waals surface area contributed by atoms with Crippen LogP contribution in [0.4, 0.5) is 17.1 Å². The van der Waals surface area contributed by atoms with Crippen molar-refractivity contribution in [2.75, 3.05) is 17.2 Å². The first kappa shape index (κ1) is 23.5. The monoisotopic (exact) mass is 411 g/mol. The highest BCUT2D eigenvalue weighted by molar-refractivity contribution is 5.88. The van der Waals surface area contributed by atoms with Crippen LogP contribution < -0.4 is 17.2 Å². The quantitative estimate of drug-likeness (QED) is 0.352. The highest BCUT2D eigenvalue weighted by atomic mass is 16.4. The van der Waals surface area contributed by atoms with Crippen molar-refractivity contribution in [1.82, 2.24) is 0 Å². The number of carboxylic acid groups (broad SMARTS) is 3. The summed E-state index contributed by atoms with van der Waals surface area (Å²) in [7, 11) is 0. The van der Waals surface area contributed by atoms with Gasteiger partial charge in [0.1, 0.15) is 0 Å². The Labute approximate surface area is 172 Å². The van der Waals surface area contributed by atoms with Gasteiger partial charge in [0, 0.05) is 17.1 Å². The lowest BCUT2D eigenvalue weighted by molar-refractivity contribution is 0.0686. The number of aromatic carboxylic acids is 3. The SMILES string of the molecule is Nc1ccc(C(=O)O)cc1.Nc1ccc(C(=O)O)cc1.Nc1ccc(C(=O)O)cc1. The van der Waals surface area contributed by atoms with E-state index in [2.05, 4.69) is 0 Å². The zero-order valence-electron chi connectivity index (χ0n) is 15.7. The Morgan fingerprint density at radius 1 is 0.433 bits per heavy atom. The molecule has 0 aliphatic carbocycles. The van der Waals surface area contributed by atoms with E-state index in [1.165, 1.54) is 36.4 Å². The van der Waals surface area contributed by atoms with Crippen molar-refractivity contribution in [2.24, 2.45) is 0 Å². The van der Waals surface area contributed by atoms with E-state index in [0.717, 1.165) is 0 Å². The Hall–Kier alpha value is -4.53. The summed E-state index contributed by atoms with van der Waals surface area (Å²) in [5.74, 6) is -2.79. The number of benzene rings is 3. The summed E-state index contributed by atoms with van der Waals surface area (Å²) in [5, 5.41) is 25.3. The summed E-state index contributed by atoms with van der Waals surface area (Å²) in [4.78, 5) is 30.8. The fraction of sp³-hybridized carbons (Fsp3) is 0. The average Bonchev–Trinajstić information content (AvgIpc) is 2.70. The smallest absolute Gasteiger partial charge is 0.335 e. The Kier molecular flexibility index (Phi) is 8.89. The topological polar surface area (TPSA) is 190 Å². The lowest BCUT2D eigenvalue weighted by atomic mass is 10.2. The maximum Gasteiger partial charge on any atom is 0.335 e. The lowest BCUT2D eigenvalue weighted by Crippen LogP contribution is -1.95. The van der Waals surface area contributed by atoms with Crippen molar-refractivity contribution in [2.45, 2.75) is 0 Å². The third kappa shape index (κ3) is 8.44. The van der Waals surface area contributed by atoms with Crippen LogP contribution in [0.1, 0.15) is 31.1 Å². The van der Waals surface area contributed by atoms with Crippen molar-refractivity contribution in [3.05, 3.63) is 89.5 Å². The van der Waals surface area contributed by atoms with Crippen LogP contribution >= 0.6 is 0 Å². The number of rotatable bonds is 3. The minimum absolute atomic E-state index is 0.259. The highest BCUT2D eigenvalue weighted by Crippen LogP contribution is 2.05. The third-order valence-electron chi connectivity index (χ3n) is 3.47. The van der Waals surface area contributed by atoms with Crippen molar-refractivity contribution in [3.63, 3.8) is 0 Å². The van der Waals surface area contributed by atoms with Crippen molar-refractivity contribution in [1.29, 1.82) is 0 Å². The average molecular weight is 411 g/mol. The molecule has 3 rings (SSSR count). The minimum atomic E-state index is -0.931. The van der Waals surface area contributed by atoms with Crippen molar-refractivity contribution in [3.8, 4) is 0 Å². The van der Waals surface area contributed by atoms with Crippen LogP contribution in [0.5, 0.6) is 0 Å². The molecule has 9 nitrogen and oxygen atoms in total. The van der Waals surface area contributed by atoms with Crippen LogP contribution in [0, 0.1) is 0 Å². The molecule has 0 aliphatic rings. The van der Waals surface area contributed by atoms with E-state index < -0.39 is 17.9 Å². The molecule has 0 heterocycles. The molecule has 0 fully saturated rings. The van der Waals surface area contributed by atoms with Crippen LogP contribution in [0.3, 0.4) is 0 Å². The molecule has 156 valence electrons. The van der Waals surface area contributed by atoms with E-state index in [9.17, 15) is 14.4 Å². The van der Waals surface area contributed by atoms with Gasteiger partial charge in [-0.05, 0) is 72.8 Å². The molecule has 9 N–H and O–H groups in total. The highest BCUT2D eigenvalue weighted by Gasteiger charge is 2.00. The maximum atomic E-state index is 10.3. The Balaban J connectivity index is 0.000000225. The molecular formula is C21H21N3O6. The van der Waals surface area contributed by atoms with Gasteiger partial charge in [0.25, 0.3) is 0 Å².